The zero-order valence-electron chi connectivity index (χ0n) is 15.4. The lowest BCUT2D eigenvalue weighted by atomic mass is 10.0. The van der Waals surface area contributed by atoms with Crippen molar-refractivity contribution in [3.05, 3.63) is 71.7 Å². The van der Waals surface area contributed by atoms with Crippen LogP contribution in [0.3, 0.4) is 0 Å². The number of benzene rings is 2. The van der Waals surface area contributed by atoms with Crippen molar-refractivity contribution in [3.8, 4) is 28.6 Å². The van der Waals surface area contributed by atoms with E-state index in [0.717, 1.165) is 17.7 Å². The predicted octanol–water partition coefficient (Wildman–Crippen LogP) is 2.43. The second-order valence-corrected chi connectivity index (χ2v) is 6.69. The third-order valence-electron chi connectivity index (χ3n) is 4.81. The van der Waals surface area contributed by atoms with Gasteiger partial charge in [-0.1, -0.05) is 0 Å². The summed E-state index contributed by atoms with van der Waals surface area (Å²) < 4.78 is 36.0. The van der Waals surface area contributed by atoms with Crippen molar-refractivity contribution >= 4 is 5.91 Å². The Bertz CT molecular complexity index is 1300. The second kappa shape index (κ2) is 6.76. The Hall–Kier alpha value is -4.08. The molecule has 2 N–H and O–H groups in total. The van der Waals surface area contributed by atoms with Gasteiger partial charge in [-0.2, -0.15) is 19.9 Å². The number of hydrogen-bond donors (Lipinski definition) is 1. The molecule has 0 fully saturated rings. The number of fused-ring (bicyclic) bond motifs is 3. The molecule has 2 aromatic carbocycles. The highest BCUT2D eigenvalue weighted by atomic mass is 19.1. The van der Waals surface area contributed by atoms with Crippen LogP contribution in [0.5, 0.6) is 5.75 Å². The largest absolute Gasteiger partial charge is 0.493 e. The van der Waals surface area contributed by atoms with E-state index in [1.165, 1.54) is 21.8 Å². The molecule has 0 saturated carbocycles. The second-order valence-electron chi connectivity index (χ2n) is 6.69. The number of aromatic nitrogens is 5. The first-order valence-electron chi connectivity index (χ1n) is 9.02. The third kappa shape index (κ3) is 2.89. The molecule has 5 rings (SSSR count). The van der Waals surface area contributed by atoms with Crippen molar-refractivity contribution in [2.45, 2.75) is 6.42 Å². The van der Waals surface area contributed by atoms with Gasteiger partial charge in [0.05, 0.1) is 12.3 Å². The zero-order chi connectivity index (χ0) is 20.8. The minimum atomic E-state index is -0.770. The van der Waals surface area contributed by atoms with Crippen LogP contribution >= 0.6 is 0 Å². The Balaban J connectivity index is 1.62. The molecule has 0 saturated heterocycles. The van der Waals surface area contributed by atoms with Crippen molar-refractivity contribution in [3.63, 3.8) is 0 Å². The number of hydrogen-bond acceptors (Lipinski definition) is 5. The Morgan fingerprint density at radius 2 is 2.03 bits per heavy atom. The molecule has 4 aromatic rings. The summed E-state index contributed by atoms with van der Waals surface area (Å²) in [6.45, 7) is 0.382. The van der Waals surface area contributed by atoms with Gasteiger partial charge in [-0.15, -0.1) is 0 Å². The van der Waals surface area contributed by atoms with Crippen molar-refractivity contribution in [1.29, 1.82) is 0 Å². The highest BCUT2D eigenvalue weighted by Gasteiger charge is 2.23. The number of halogens is 2. The van der Waals surface area contributed by atoms with Gasteiger partial charge in [0.1, 0.15) is 23.6 Å². The summed E-state index contributed by atoms with van der Waals surface area (Å²) in [6, 6.07) is 8.12. The van der Waals surface area contributed by atoms with Crippen molar-refractivity contribution in [2.75, 3.05) is 6.61 Å². The molecular weight excluding hydrogens is 394 g/mol. The van der Waals surface area contributed by atoms with Crippen LogP contribution in [0.4, 0.5) is 8.78 Å². The van der Waals surface area contributed by atoms with Gasteiger partial charge in [0.15, 0.2) is 5.82 Å². The maximum Gasteiger partial charge on any atom is 0.253 e. The van der Waals surface area contributed by atoms with Crippen molar-refractivity contribution < 1.29 is 18.3 Å². The molecule has 2 aromatic heterocycles. The molecule has 8 nitrogen and oxygen atoms in total. The highest BCUT2D eigenvalue weighted by Crippen LogP contribution is 2.35. The molecule has 0 aliphatic carbocycles. The highest BCUT2D eigenvalue weighted by molar-refractivity contribution is 5.94. The SMILES string of the molecule is NC(=O)c1ccc2c(c1)OCCc1cn(-c3ncnn3-c3ccc(F)cc3F)nc1-2. The smallest absolute Gasteiger partial charge is 0.253 e. The Labute approximate surface area is 168 Å². The van der Waals surface area contributed by atoms with Crippen LogP contribution < -0.4 is 10.5 Å². The number of carbonyl (C=O) groups excluding carboxylic acids is 1. The van der Waals surface area contributed by atoms with Crippen LogP contribution in [0, 0.1) is 11.6 Å². The van der Waals surface area contributed by atoms with Crippen molar-refractivity contribution in [1.82, 2.24) is 24.5 Å². The molecule has 1 aliphatic heterocycles. The zero-order valence-corrected chi connectivity index (χ0v) is 15.4. The van der Waals surface area contributed by atoms with E-state index in [1.54, 1.807) is 24.4 Å². The van der Waals surface area contributed by atoms with Crippen molar-refractivity contribution in [2.24, 2.45) is 5.73 Å². The summed E-state index contributed by atoms with van der Waals surface area (Å²) in [5, 5.41) is 8.66. The molecule has 0 atom stereocenters. The monoisotopic (exact) mass is 408 g/mol. The number of primary amides is 1. The van der Waals surface area contributed by atoms with E-state index in [4.69, 9.17) is 10.5 Å². The summed E-state index contributed by atoms with van der Waals surface area (Å²) in [5.41, 5.74) is 7.97. The number of nitrogens with zero attached hydrogens (tertiary/aromatic N) is 5. The molecule has 0 bridgehead atoms. The van der Waals surface area contributed by atoms with E-state index >= 15 is 0 Å². The van der Waals surface area contributed by atoms with E-state index in [9.17, 15) is 13.6 Å². The fourth-order valence-electron chi connectivity index (χ4n) is 3.40. The van der Waals surface area contributed by atoms with E-state index in [-0.39, 0.29) is 11.6 Å². The molecule has 150 valence electrons. The van der Waals surface area contributed by atoms with Gasteiger partial charge in [0, 0.05) is 35.4 Å². The summed E-state index contributed by atoms with van der Waals surface area (Å²) in [6.07, 6.45) is 3.59. The van der Waals surface area contributed by atoms with Crippen LogP contribution in [0.25, 0.3) is 22.9 Å². The predicted molar refractivity (Wildman–Crippen MR) is 102 cm³/mol. The molecule has 3 heterocycles. The van der Waals surface area contributed by atoms with Crippen LogP contribution in [-0.4, -0.2) is 37.1 Å². The quantitative estimate of drug-likeness (QED) is 0.561. The fraction of sp³-hybridized carbons (Fsp3) is 0.100. The van der Waals surface area contributed by atoms with Gasteiger partial charge < -0.3 is 10.5 Å². The third-order valence-corrected chi connectivity index (χ3v) is 4.81. The van der Waals surface area contributed by atoms with Gasteiger partial charge in [0.2, 0.25) is 5.91 Å². The van der Waals surface area contributed by atoms with Gasteiger partial charge >= 0.3 is 0 Å². The maximum atomic E-state index is 14.3. The number of amides is 1. The molecule has 30 heavy (non-hydrogen) atoms. The first-order chi connectivity index (χ1) is 14.5. The Kier molecular flexibility index (Phi) is 4.05. The lowest BCUT2D eigenvalue weighted by molar-refractivity contribution is 0.1000. The van der Waals surface area contributed by atoms with E-state index in [2.05, 4.69) is 15.2 Å². The van der Waals surface area contributed by atoms with E-state index < -0.39 is 17.5 Å². The molecule has 1 aliphatic rings. The first kappa shape index (κ1) is 18.0. The van der Waals surface area contributed by atoms with Gasteiger partial charge in [-0.05, 0) is 30.3 Å². The van der Waals surface area contributed by atoms with Gasteiger partial charge in [-0.3, -0.25) is 4.79 Å². The number of carbonyl (C=O) groups is 1. The fourth-order valence-corrected chi connectivity index (χ4v) is 3.40. The molecule has 1 amide bonds. The number of rotatable bonds is 3. The standard InChI is InChI=1S/C20H14F2N6O2/c21-13-2-4-16(15(22)8-13)28-20(24-10-25-28)27-9-12-5-6-30-17-7-11(19(23)29)1-3-14(17)18(12)26-27/h1-4,7-10H,5-6H2,(H2,23,29). The lowest BCUT2D eigenvalue weighted by Crippen LogP contribution is -2.11. The van der Waals surface area contributed by atoms with Crippen LogP contribution in [0.15, 0.2) is 48.9 Å². The minimum absolute atomic E-state index is 0.0458. The van der Waals surface area contributed by atoms with Crippen LogP contribution in [0.2, 0.25) is 0 Å². The summed E-state index contributed by atoms with van der Waals surface area (Å²) >= 11 is 0. The topological polar surface area (TPSA) is 101 Å². The number of nitrogens with two attached hydrogens (primary N) is 1. The summed E-state index contributed by atoms with van der Waals surface area (Å²) in [5.74, 6) is -1.26. The van der Waals surface area contributed by atoms with Crippen LogP contribution in [0.1, 0.15) is 15.9 Å². The Morgan fingerprint density at radius 3 is 2.83 bits per heavy atom. The molecule has 0 spiro atoms. The lowest BCUT2D eigenvalue weighted by Gasteiger charge is -2.09. The van der Waals surface area contributed by atoms with Crippen LogP contribution in [-0.2, 0) is 6.42 Å². The van der Waals surface area contributed by atoms with Gasteiger partial charge in [0.25, 0.3) is 5.95 Å². The average Bonchev–Trinajstić information content (AvgIpc) is 3.32. The first-order valence-corrected chi connectivity index (χ1v) is 9.02. The normalized spacial score (nSPS) is 12.6. The minimum Gasteiger partial charge on any atom is -0.493 e. The molecule has 0 unspecified atom stereocenters. The summed E-state index contributed by atoms with van der Waals surface area (Å²) in [4.78, 5) is 15.7. The molecule has 0 radical (unpaired) electrons. The van der Waals surface area contributed by atoms with Gasteiger partial charge in [-0.25, -0.2) is 13.5 Å². The van der Waals surface area contributed by atoms with E-state index in [1.807, 2.05) is 0 Å². The Morgan fingerprint density at radius 1 is 1.17 bits per heavy atom. The molecular formula is C20H14F2N6O2. The summed E-state index contributed by atoms with van der Waals surface area (Å²) in [7, 11) is 0. The average molecular weight is 408 g/mol. The molecule has 10 heteroatoms. The van der Waals surface area contributed by atoms with E-state index in [0.29, 0.717) is 35.6 Å². The maximum absolute atomic E-state index is 14.3. The number of ether oxygens (including phenoxy) is 1.